The molecule has 2 rings (SSSR count). The van der Waals surface area contributed by atoms with Crippen LogP contribution in [-0.2, 0) is 13.1 Å². The minimum atomic E-state index is 0.657. The first kappa shape index (κ1) is 16.0. The number of likely N-dealkylation sites (N-methyl/N-ethyl adjacent to an activating group) is 1. The van der Waals surface area contributed by atoms with Gasteiger partial charge in [0.2, 0.25) is 0 Å². The van der Waals surface area contributed by atoms with E-state index in [0.29, 0.717) is 12.1 Å². The van der Waals surface area contributed by atoms with Crippen molar-refractivity contribution in [1.29, 1.82) is 0 Å². The fraction of sp³-hybridized carbons (Fsp3) is 0.750. The van der Waals surface area contributed by atoms with Crippen molar-refractivity contribution in [2.45, 2.75) is 52.4 Å². The second-order valence-corrected chi connectivity index (χ2v) is 7.36. The Hall–Kier alpha value is -0.420. The Morgan fingerprint density at radius 3 is 2.50 bits per heavy atom. The van der Waals surface area contributed by atoms with E-state index >= 15 is 0 Å². The Bertz CT molecular complexity index is 392. The molecule has 3 nitrogen and oxygen atoms in total. The quantitative estimate of drug-likeness (QED) is 0.814. The molecule has 1 aromatic rings. The molecule has 0 spiro atoms. The molecule has 1 aliphatic rings. The highest BCUT2D eigenvalue weighted by atomic mass is 32.1. The average molecular weight is 295 g/mol. The molecule has 0 radical (unpaired) electrons. The van der Waals surface area contributed by atoms with Gasteiger partial charge in [-0.3, -0.25) is 9.80 Å². The zero-order valence-corrected chi connectivity index (χ0v) is 14.2. The van der Waals surface area contributed by atoms with Crippen molar-refractivity contribution < 1.29 is 0 Å². The van der Waals surface area contributed by atoms with Gasteiger partial charge in [0.1, 0.15) is 0 Å². The van der Waals surface area contributed by atoms with Gasteiger partial charge < -0.3 is 5.32 Å². The molecule has 2 unspecified atom stereocenters. The van der Waals surface area contributed by atoms with Crippen LogP contribution in [-0.4, -0.2) is 48.6 Å². The maximum Gasteiger partial charge on any atom is 0.0329 e. The molecular weight excluding hydrogens is 266 g/mol. The summed E-state index contributed by atoms with van der Waals surface area (Å²) in [6, 6.07) is 5.90. The molecule has 0 amide bonds. The first-order valence-corrected chi connectivity index (χ1v) is 8.64. The van der Waals surface area contributed by atoms with Crippen molar-refractivity contribution in [3.8, 4) is 0 Å². The van der Waals surface area contributed by atoms with Crippen LogP contribution in [0.4, 0.5) is 0 Å². The number of piperazine rings is 1. The van der Waals surface area contributed by atoms with E-state index in [2.05, 4.69) is 55.1 Å². The first-order valence-electron chi connectivity index (χ1n) is 7.82. The fourth-order valence-electron chi connectivity index (χ4n) is 2.85. The summed E-state index contributed by atoms with van der Waals surface area (Å²) in [5.41, 5.74) is 0. The van der Waals surface area contributed by atoms with Crippen LogP contribution in [0.25, 0.3) is 0 Å². The predicted molar refractivity (Wildman–Crippen MR) is 88.3 cm³/mol. The monoisotopic (exact) mass is 295 g/mol. The molecule has 0 aliphatic carbocycles. The Morgan fingerprint density at radius 1 is 1.20 bits per heavy atom. The van der Waals surface area contributed by atoms with E-state index in [1.165, 1.54) is 29.3 Å². The van der Waals surface area contributed by atoms with E-state index in [0.717, 1.165) is 19.6 Å². The van der Waals surface area contributed by atoms with Crippen molar-refractivity contribution in [2.24, 2.45) is 0 Å². The van der Waals surface area contributed by atoms with Gasteiger partial charge in [-0.15, -0.1) is 11.3 Å². The number of rotatable bonds is 6. The summed E-state index contributed by atoms with van der Waals surface area (Å²) in [6.07, 6.45) is 1.20. The van der Waals surface area contributed by atoms with Crippen LogP contribution in [0.2, 0.25) is 0 Å². The summed E-state index contributed by atoms with van der Waals surface area (Å²) in [4.78, 5) is 8.06. The van der Waals surface area contributed by atoms with Gasteiger partial charge in [-0.25, -0.2) is 0 Å². The number of nitrogens with one attached hydrogen (secondary N) is 1. The minimum absolute atomic E-state index is 0.657. The van der Waals surface area contributed by atoms with E-state index in [4.69, 9.17) is 0 Å². The first-order chi connectivity index (χ1) is 9.60. The van der Waals surface area contributed by atoms with E-state index in [1.807, 2.05) is 11.3 Å². The van der Waals surface area contributed by atoms with Gasteiger partial charge in [0, 0.05) is 48.0 Å². The van der Waals surface area contributed by atoms with Gasteiger partial charge >= 0.3 is 0 Å². The lowest BCUT2D eigenvalue weighted by atomic mass is 10.1. The standard InChI is InChI=1S/C16H29N3S/c1-5-8-17-9-15-6-7-16(20-15)12-19-10-13(2)18(4)14(3)11-19/h6-7,13-14,17H,5,8-12H2,1-4H3. The van der Waals surface area contributed by atoms with E-state index in [-0.39, 0.29) is 0 Å². The van der Waals surface area contributed by atoms with Crippen LogP contribution in [0.3, 0.4) is 0 Å². The summed E-state index contributed by atoms with van der Waals surface area (Å²) >= 11 is 1.96. The highest BCUT2D eigenvalue weighted by Gasteiger charge is 2.26. The Balaban J connectivity index is 1.84. The van der Waals surface area contributed by atoms with E-state index < -0.39 is 0 Å². The summed E-state index contributed by atoms with van der Waals surface area (Å²) in [6.45, 7) is 12.5. The van der Waals surface area contributed by atoms with Crippen LogP contribution in [0.1, 0.15) is 36.9 Å². The van der Waals surface area contributed by atoms with Crippen molar-refractivity contribution in [2.75, 3.05) is 26.7 Å². The second kappa shape index (κ2) is 7.55. The lowest BCUT2D eigenvalue weighted by molar-refractivity contribution is 0.0562. The van der Waals surface area contributed by atoms with E-state index in [9.17, 15) is 0 Å². The minimum Gasteiger partial charge on any atom is -0.312 e. The maximum absolute atomic E-state index is 3.48. The van der Waals surface area contributed by atoms with Crippen molar-refractivity contribution in [1.82, 2.24) is 15.1 Å². The number of nitrogens with zero attached hydrogens (tertiary/aromatic N) is 2. The van der Waals surface area contributed by atoms with Gasteiger partial charge in [0.05, 0.1) is 0 Å². The van der Waals surface area contributed by atoms with Gasteiger partial charge in [-0.05, 0) is 46.0 Å². The van der Waals surface area contributed by atoms with E-state index in [1.54, 1.807) is 0 Å². The highest BCUT2D eigenvalue weighted by molar-refractivity contribution is 7.11. The van der Waals surface area contributed by atoms with Gasteiger partial charge in [0.25, 0.3) is 0 Å². The van der Waals surface area contributed by atoms with Gasteiger partial charge in [0.15, 0.2) is 0 Å². The van der Waals surface area contributed by atoms with Crippen molar-refractivity contribution in [3.63, 3.8) is 0 Å². The molecule has 20 heavy (non-hydrogen) atoms. The molecule has 0 bridgehead atoms. The SMILES string of the molecule is CCCNCc1ccc(CN2CC(C)N(C)C(C)C2)s1. The van der Waals surface area contributed by atoms with Crippen molar-refractivity contribution >= 4 is 11.3 Å². The molecule has 1 fully saturated rings. The number of thiophene rings is 1. The Labute approximate surface area is 128 Å². The van der Waals surface area contributed by atoms with Crippen LogP contribution >= 0.6 is 11.3 Å². The lowest BCUT2D eigenvalue weighted by Crippen LogP contribution is -2.54. The molecule has 1 saturated heterocycles. The van der Waals surface area contributed by atoms with Crippen molar-refractivity contribution in [3.05, 3.63) is 21.9 Å². The highest BCUT2D eigenvalue weighted by Crippen LogP contribution is 2.21. The Kier molecular flexibility index (Phi) is 6.02. The molecule has 4 heteroatoms. The molecule has 114 valence electrons. The molecular formula is C16H29N3S. The van der Waals surface area contributed by atoms with Crippen LogP contribution in [0.15, 0.2) is 12.1 Å². The molecule has 2 atom stereocenters. The third-order valence-corrected chi connectivity index (χ3v) is 5.33. The van der Waals surface area contributed by atoms with Gasteiger partial charge in [-0.2, -0.15) is 0 Å². The summed E-state index contributed by atoms with van der Waals surface area (Å²) in [5, 5.41) is 3.48. The zero-order valence-electron chi connectivity index (χ0n) is 13.4. The molecule has 2 heterocycles. The summed E-state index contributed by atoms with van der Waals surface area (Å²) < 4.78 is 0. The molecule has 1 N–H and O–H groups in total. The molecule has 1 aliphatic heterocycles. The Morgan fingerprint density at radius 2 is 1.85 bits per heavy atom. The lowest BCUT2D eigenvalue weighted by Gasteiger charge is -2.42. The predicted octanol–water partition coefficient (Wildman–Crippen LogP) is 2.77. The third-order valence-electron chi connectivity index (χ3n) is 4.26. The zero-order chi connectivity index (χ0) is 14.5. The van der Waals surface area contributed by atoms with Crippen LogP contribution in [0.5, 0.6) is 0 Å². The third kappa shape index (κ3) is 4.29. The molecule has 0 aromatic carbocycles. The van der Waals surface area contributed by atoms with Gasteiger partial charge in [-0.1, -0.05) is 6.92 Å². The number of hydrogen-bond acceptors (Lipinski definition) is 4. The molecule has 1 aromatic heterocycles. The summed E-state index contributed by atoms with van der Waals surface area (Å²) in [7, 11) is 2.25. The topological polar surface area (TPSA) is 18.5 Å². The second-order valence-electron chi connectivity index (χ2n) is 6.10. The maximum atomic E-state index is 3.48. The summed E-state index contributed by atoms with van der Waals surface area (Å²) in [5.74, 6) is 0. The average Bonchev–Trinajstić information content (AvgIpc) is 2.84. The number of hydrogen-bond donors (Lipinski definition) is 1. The molecule has 0 saturated carbocycles. The fourth-order valence-corrected chi connectivity index (χ4v) is 3.88. The van der Waals surface area contributed by atoms with Crippen LogP contribution < -0.4 is 5.32 Å². The van der Waals surface area contributed by atoms with Crippen LogP contribution in [0, 0.1) is 0 Å². The normalized spacial score (nSPS) is 25.2. The largest absolute Gasteiger partial charge is 0.312 e. The smallest absolute Gasteiger partial charge is 0.0329 e.